The van der Waals surface area contributed by atoms with Crippen LogP contribution in [0.5, 0.6) is 0 Å². The summed E-state index contributed by atoms with van der Waals surface area (Å²) < 4.78 is 14.4. The number of halogens is 2. The zero-order valence-electron chi connectivity index (χ0n) is 10.9. The Hall–Kier alpha value is -0.940. The Labute approximate surface area is 127 Å². The Kier molecular flexibility index (Phi) is 4.93. The first-order chi connectivity index (χ1) is 9.11. The number of nitrogens with two attached hydrogens (primary N) is 1. The summed E-state index contributed by atoms with van der Waals surface area (Å²) in [5, 5.41) is 0. The van der Waals surface area contributed by atoms with Gasteiger partial charge in [-0.3, -0.25) is 0 Å². The van der Waals surface area contributed by atoms with Crippen LogP contribution in [-0.2, 0) is 6.42 Å². The van der Waals surface area contributed by atoms with Crippen molar-refractivity contribution in [3.63, 3.8) is 0 Å². The molecule has 2 aromatic rings. The molecule has 0 aliphatic rings. The minimum Gasteiger partial charge on any atom is -0.330 e. The van der Waals surface area contributed by atoms with Gasteiger partial charge in [-0.25, -0.2) is 4.39 Å². The Bertz CT molecular complexity index is 568. The Morgan fingerprint density at radius 2 is 1.95 bits per heavy atom. The van der Waals surface area contributed by atoms with Crippen LogP contribution in [0.15, 0.2) is 42.5 Å². The first-order valence-electron chi connectivity index (χ1n) is 6.31. The van der Waals surface area contributed by atoms with Crippen LogP contribution in [-0.4, -0.2) is 6.54 Å². The van der Waals surface area contributed by atoms with Crippen molar-refractivity contribution in [1.29, 1.82) is 0 Å². The molecule has 0 fully saturated rings. The van der Waals surface area contributed by atoms with Gasteiger partial charge in [-0.15, -0.1) is 0 Å². The average molecular weight is 369 g/mol. The summed E-state index contributed by atoms with van der Waals surface area (Å²) in [5.74, 6) is 0.0443. The lowest BCUT2D eigenvalue weighted by atomic mass is 9.89. The summed E-state index contributed by atoms with van der Waals surface area (Å²) in [4.78, 5) is 0. The zero-order chi connectivity index (χ0) is 13.8. The van der Waals surface area contributed by atoms with Crippen LogP contribution in [0, 0.1) is 16.3 Å². The highest BCUT2D eigenvalue weighted by atomic mass is 127. The fourth-order valence-corrected chi connectivity index (χ4v) is 2.95. The van der Waals surface area contributed by atoms with Crippen molar-refractivity contribution in [2.45, 2.75) is 19.3 Å². The molecule has 0 saturated heterocycles. The van der Waals surface area contributed by atoms with Gasteiger partial charge in [-0.2, -0.15) is 0 Å². The maximum atomic E-state index is 13.2. The highest BCUT2D eigenvalue weighted by Gasteiger charge is 2.14. The van der Waals surface area contributed by atoms with Crippen LogP contribution in [0.3, 0.4) is 0 Å². The van der Waals surface area contributed by atoms with Gasteiger partial charge < -0.3 is 5.73 Å². The maximum absolute atomic E-state index is 13.2. The second-order valence-electron chi connectivity index (χ2n) is 4.73. The van der Waals surface area contributed by atoms with Gasteiger partial charge in [0.1, 0.15) is 5.82 Å². The molecular formula is C16H17FIN. The number of rotatable bonds is 4. The molecule has 0 aliphatic heterocycles. The minimum absolute atomic E-state index is 0.189. The lowest BCUT2D eigenvalue weighted by Crippen LogP contribution is -2.16. The summed E-state index contributed by atoms with van der Waals surface area (Å²) in [5.41, 5.74) is 9.32. The smallest absolute Gasteiger partial charge is 0.123 e. The Morgan fingerprint density at radius 1 is 1.21 bits per heavy atom. The lowest BCUT2D eigenvalue weighted by molar-refractivity contribution is 0.621. The fraction of sp³-hybridized carbons (Fsp3) is 0.250. The number of hydrogen-bond acceptors (Lipinski definition) is 1. The molecule has 0 spiro atoms. The van der Waals surface area contributed by atoms with Crippen LogP contribution in [0.2, 0.25) is 0 Å². The fourth-order valence-electron chi connectivity index (χ4n) is 2.35. The molecule has 0 unspecified atom stereocenters. The molecule has 2 rings (SSSR count). The van der Waals surface area contributed by atoms with E-state index in [2.05, 4.69) is 34.7 Å². The van der Waals surface area contributed by atoms with Gasteiger partial charge in [-0.05, 0) is 77.4 Å². The highest BCUT2D eigenvalue weighted by molar-refractivity contribution is 14.1. The largest absolute Gasteiger partial charge is 0.330 e. The second kappa shape index (κ2) is 6.48. The van der Waals surface area contributed by atoms with Crippen LogP contribution in [0.4, 0.5) is 4.39 Å². The SMILES string of the molecule is Cc1cc(F)ccc1[C@@H](CN)Cc1ccccc1I. The standard InChI is InChI=1S/C16H17FIN/c1-11-8-14(17)6-7-15(11)13(10-19)9-12-4-2-3-5-16(12)18/h2-8,13H,9-10,19H2,1H3/t13-/m1/s1. The van der Waals surface area contributed by atoms with Gasteiger partial charge in [-0.1, -0.05) is 24.3 Å². The third kappa shape index (κ3) is 3.54. The van der Waals surface area contributed by atoms with Crippen molar-refractivity contribution < 1.29 is 4.39 Å². The van der Waals surface area contributed by atoms with E-state index in [9.17, 15) is 4.39 Å². The predicted molar refractivity (Wildman–Crippen MR) is 85.8 cm³/mol. The van der Waals surface area contributed by atoms with Crippen molar-refractivity contribution in [3.8, 4) is 0 Å². The molecule has 3 heteroatoms. The van der Waals surface area contributed by atoms with Gasteiger partial charge in [0.15, 0.2) is 0 Å². The Balaban J connectivity index is 2.28. The van der Waals surface area contributed by atoms with Crippen LogP contribution < -0.4 is 5.73 Å². The second-order valence-corrected chi connectivity index (χ2v) is 5.89. The predicted octanol–water partition coefficient (Wildman–Crippen LogP) is 4.02. The monoisotopic (exact) mass is 369 g/mol. The molecule has 0 saturated carbocycles. The Morgan fingerprint density at radius 3 is 2.58 bits per heavy atom. The molecule has 1 nitrogen and oxygen atoms in total. The maximum Gasteiger partial charge on any atom is 0.123 e. The normalized spacial score (nSPS) is 12.4. The van der Waals surface area contributed by atoms with Crippen molar-refractivity contribution in [3.05, 3.63) is 68.5 Å². The van der Waals surface area contributed by atoms with E-state index in [0.29, 0.717) is 6.54 Å². The molecule has 0 aromatic heterocycles. The van der Waals surface area contributed by atoms with Gasteiger partial charge in [0, 0.05) is 9.49 Å². The van der Waals surface area contributed by atoms with Crippen molar-refractivity contribution in [2.24, 2.45) is 5.73 Å². The van der Waals surface area contributed by atoms with Crippen molar-refractivity contribution in [1.82, 2.24) is 0 Å². The molecule has 0 heterocycles. The van der Waals surface area contributed by atoms with E-state index in [4.69, 9.17) is 5.73 Å². The number of aryl methyl sites for hydroxylation is 1. The van der Waals surface area contributed by atoms with Gasteiger partial charge in [0.2, 0.25) is 0 Å². The molecule has 0 bridgehead atoms. The molecule has 2 N–H and O–H groups in total. The summed E-state index contributed by atoms with van der Waals surface area (Å²) in [6.45, 7) is 2.51. The molecule has 0 aliphatic carbocycles. The van der Waals surface area contributed by atoms with E-state index in [1.165, 1.54) is 15.2 Å². The highest BCUT2D eigenvalue weighted by Crippen LogP contribution is 2.25. The topological polar surface area (TPSA) is 26.0 Å². The van der Waals surface area contributed by atoms with E-state index in [1.54, 1.807) is 6.07 Å². The van der Waals surface area contributed by atoms with Gasteiger partial charge in [0.05, 0.1) is 0 Å². The van der Waals surface area contributed by atoms with Crippen LogP contribution >= 0.6 is 22.6 Å². The summed E-state index contributed by atoms with van der Waals surface area (Å²) in [6, 6.07) is 13.3. The first-order valence-corrected chi connectivity index (χ1v) is 7.39. The number of hydrogen-bond donors (Lipinski definition) is 1. The summed E-state index contributed by atoms with van der Waals surface area (Å²) in [6.07, 6.45) is 0.891. The van der Waals surface area contributed by atoms with Crippen molar-refractivity contribution >= 4 is 22.6 Å². The van der Waals surface area contributed by atoms with Gasteiger partial charge >= 0.3 is 0 Å². The van der Waals surface area contributed by atoms with Crippen LogP contribution in [0.25, 0.3) is 0 Å². The molecular weight excluding hydrogens is 352 g/mol. The zero-order valence-corrected chi connectivity index (χ0v) is 13.0. The van der Waals surface area contributed by atoms with E-state index in [-0.39, 0.29) is 11.7 Å². The van der Waals surface area contributed by atoms with E-state index in [0.717, 1.165) is 17.5 Å². The lowest BCUT2D eigenvalue weighted by Gasteiger charge is -2.18. The quantitative estimate of drug-likeness (QED) is 0.810. The summed E-state index contributed by atoms with van der Waals surface area (Å²) in [7, 11) is 0. The molecule has 2 aromatic carbocycles. The average Bonchev–Trinajstić information content (AvgIpc) is 2.39. The number of benzene rings is 2. The molecule has 1 atom stereocenters. The van der Waals surface area contributed by atoms with Gasteiger partial charge in [0.25, 0.3) is 0 Å². The third-order valence-corrected chi connectivity index (χ3v) is 4.43. The molecule has 19 heavy (non-hydrogen) atoms. The van der Waals surface area contributed by atoms with Crippen LogP contribution in [0.1, 0.15) is 22.6 Å². The molecule has 100 valence electrons. The van der Waals surface area contributed by atoms with E-state index in [1.807, 2.05) is 25.1 Å². The molecule has 0 radical (unpaired) electrons. The summed E-state index contributed by atoms with van der Waals surface area (Å²) >= 11 is 2.34. The van der Waals surface area contributed by atoms with E-state index < -0.39 is 0 Å². The first kappa shape index (κ1) is 14.5. The van der Waals surface area contributed by atoms with Crippen molar-refractivity contribution in [2.75, 3.05) is 6.54 Å². The minimum atomic E-state index is -0.189. The van der Waals surface area contributed by atoms with E-state index >= 15 is 0 Å². The molecule has 0 amide bonds. The third-order valence-electron chi connectivity index (χ3n) is 3.38.